The van der Waals surface area contributed by atoms with Gasteiger partial charge in [0.1, 0.15) is 0 Å². The first-order valence-corrected chi connectivity index (χ1v) is 9.00. The molecule has 2 N–H and O–H groups in total. The molecular formula is C20H24ClN3O3. The number of aromatic nitrogens is 1. The van der Waals surface area contributed by atoms with Gasteiger partial charge in [-0.05, 0) is 52.4 Å². The number of nitrogens with one attached hydrogen (secondary N) is 2. The van der Waals surface area contributed by atoms with Crippen LogP contribution in [0.3, 0.4) is 0 Å². The van der Waals surface area contributed by atoms with E-state index in [0.717, 1.165) is 0 Å². The molecule has 0 aliphatic heterocycles. The van der Waals surface area contributed by atoms with E-state index in [0.29, 0.717) is 33.2 Å². The minimum absolute atomic E-state index is 0.0242. The fourth-order valence-corrected chi connectivity index (χ4v) is 3.23. The Morgan fingerprint density at radius 2 is 1.85 bits per heavy atom. The Labute approximate surface area is 163 Å². The zero-order valence-corrected chi connectivity index (χ0v) is 16.9. The number of aryl methyl sites for hydroxylation is 1. The number of carbonyl (C=O) groups is 3. The molecular weight excluding hydrogens is 366 g/mol. The van der Waals surface area contributed by atoms with E-state index >= 15 is 0 Å². The summed E-state index contributed by atoms with van der Waals surface area (Å²) in [5.74, 6) is -0.523. The van der Waals surface area contributed by atoms with Gasteiger partial charge in [0.15, 0.2) is 11.6 Å². The number of amides is 1. The van der Waals surface area contributed by atoms with Crippen molar-refractivity contribution in [3.05, 3.63) is 51.8 Å². The van der Waals surface area contributed by atoms with Crippen molar-refractivity contribution in [2.24, 2.45) is 0 Å². The van der Waals surface area contributed by atoms with Crippen molar-refractivity contribution in [2.75, 3.05) is 18.9 Å². The molecule has 0 saturated heterocycles. The number of likely N-dealkylation sites (N-methyl/N-ethyl adjacent to an activating group) is 1. The number of para-hydroxylation sites is 1. The maximum absolute atomic E-state index is 12.9. The number of Topliss-reactive ketones (excluding diaryl/α,β-unsaturated/α-hetero) is 2. The average molecular weight is 390 g/mol. The van der Waals surface area contributed by atoms with Crippen LogP contribution < -0.4 is 5.32 Å². The summed E-state index contributed by atoms with van der Waals surface area (Å²) < 4.78 is 0. The maximum atomic E-state index is 12.9. The number of rotatable bonds is 7. The Balaban J connectivity index is 2.08. The van der Waals surface area contributed by atoms with Gasteiger partial charge in [-0.1, -0.05) is 23.7 Å². The number of halogens is 1. The van der Waals surface area contributed by atoms with Crippen molar-refractivity contribution >= 4 is 34.8 Å². The minimum Gasteiger partial charge on any atom is -0.355 e. The molecule has 1 amide bonds. The lowest BCUT2D eigenvalue weighted by Crippen LogP contribution is -2.41. The molecule has 1 aromatic carbocycles. The van der Waals surface area contributed by atoms with Gasteiger partial charge >= 0.3 is 0 Å². The number of anilines is 1. The molecule has 144 valence electrons. The molecule has 27 heavy (non-hydrogen) atoms. The molecule has 1 atom stereocenters. The third-order valence-corrected chi connectivity index (χ3v) is 4.95. The van der Waals surface area contributed by atoms with Crippen LogP contribution in [0.2, 0.25) is 5.02 Å². The van der Waals surface area contributed by atoms with E-state index in [9.17, 15) is 14.4 Å². The molecule has 2 aromatic rings. The van der Waals surface area contributed by atoms with Crippen LogP contribution in [0.5, 0.6) is 0 Å². The Morgan fingerprint density at radius 3 is 2.41 bits per heavy atom. The number of H-pyrrole nitrogens is 1. The van der Waals surface area contributed by atoms with Crippen LogP contribution >= 0.6 is 11.6 Å². The molecule has 0 bridgehead atoms. The number of aromatic amines is 1. The SMILES string of the molecule is CC(=O)c1c(C)[nH]c(C(=O)[C@H](C)N(C)CC(=O)Nc2ccccc2Cl)c1C. The minimum atomic E-state index is -0.543. The lowest BCUT2D eigenvalue weighted by molar-refractivity contribution is -0.117. The lowest BCUT2D eigenvalue weighted by atomic mass is 10.0. The standard InChI is InChI=1S/C20H24ClN3O3/c1-11-18(14(4)25)12(2)22-19(11)20(27)13(3)24(5)10-17(26)23-16-9-7-6-8-15(16)21/h6-9,13,22H,10H2,1-5H3,(H,23,26)/t13-/m0/s1. The molecule has 0 radical (unpaired) electrons. The summed E-state index contributed by atoms with van der Waals surface area (Å²) in [6.07, 6.45) is 0. The van der Waals surface area contributed by atoms with Crippen LogP contribution in [0.25, 0.3) is 0 Å². The average Bonchev–Trinajstić information content (AvgIpc) is 2.90. The Morgan fingerprint density at radius 1 is 1.22 bits per heavy atom. The van der Waals surface area contributed by atoms with Crippen LogP contribution in [0.15, 0.2) is 24.3 Å². The molecule has 0 fully saturated rings. The predicted octanol–water partition coefficient (Wildman–Crippen LogP) is 3.63. The normalized spacial score (nSPS) is 12.1. The molecule has 7 heteroatoms. The van der Waals surface area contributed by atoms with Gasteiger partial charge in [-0.3, -0.25) is 19.3 Å². The number of nitrogens with zero attached hydrogens (tertiary/aromatic N) is 1. The van der Waals surface area contributed by atoms with Crippen molar-refractivity contribution < 1.29 is 14.4 Å². The monoisotopic (exact) mass is 389 g/mol. The first-order chi connectivity index (χ1) is 12.6. The Hall–Kier alpha value is -2.44. The number of carbonyl (C=O) groups excluding carboxylic acids is 3. The summed E-state index contributed by atoms with van der Waals surface area (Å²) in [7, 11) is 1.70. The fraction of sp³-hybridized carbons (Fsp3) is 0.350. The zero-order chi connectivity index (χ0) is 20.3. The summed E-state index contributed by atoms with van der Waals surface area (Å²) in [4.78, 5) is 41.6. The Bertz CT molecular complexity index is 889. The van der Waals surface area contributed by atoms with E-state index in [1.807, 2.05) is 0 Å². The molecule has 0 aliphatic rings. The van der Waals surface area contributed by atoms with Crippen LogP contribution in [-0.4, -0.2) is 47.0 Å². The smallest absolute Gasteiger partial charge is 0.238 e. The summed E-state index contributed by atoms with van der Waals surface area (Å²) in [5, 5.41) is 3.19. The third-order valence-electron chi connectivity index (χ3n) is 4.62. The van der Waals surface area contributed by atoms with E-state index in [2.05, 4.69) is 10.3 Å². The van der Waals surface area contributed by atoms with Crippen molar-refractivity contribution in [1.82, 2.24) is 9.88 Å². The van der Waals surface area contributed by atoms with Gasteiger partial charge in [0, 0.05) is 11.3 Å². The summed E-state index contributed by atoms with van der Waals surface area (Å²) in [6, 6.07) is 6.42. The molecule has 0 spiro atoms. The predicted molar refractivity (Wildman–Crippen MR) is 107 cm³/mol. The van der Waals surface area contributed by atoms with E-state index in [-0.39, 0.29) is 24.0 Å². The van der Waals surface area contributed by atoms with Gasteiger partial charge in [-0.15, -0.1) is 0 Å². The molecule has 2 rings (SSSR count). The Kier molecular flexibility index (Phi) is 6.57. The topological polar surface area (TPSA) is 82.3 Å². The largest absolute Gasteiger partial charge is 0.355 e. The van der Waals surface area contributed by atoms with Gasteiger partial charge in [-0.25, -0.2) is 0 Å². The van der Waals surface area contributed by atoms with Crippen LogP contribution in [0.1, 0.15) is 46.0 Å². The molecule has 0 unspecified atom stereocenters. The van der Waals surface area contributed by atoms with Gasteiger partial charge in [0.05, 0.1) is 29.0 Å². The highest BCUT2D eigenvalue weighted by molar-refractivity contribution is 6.33. The van der Waals surface area contributed by atoms with E-state index in [4.69, 9.17) is 11.6 Å². The second-order valence-electron chi connectivity index (χ2n) is 6.66. The van der Waals surface area contributed by atoms with Gasteiger partial charge in [0.2, 0.25) is 5.91 Å². The van der Waals surface area contributed by atoms with E-state index in [1.165, 1.54) is 6.92 Å². The second kappa shape index (κ2) is 8.50. The van der Waals surface area contributed by atoms with Crippen LogP contribution in [0.4, 0.5) is 5.69 Å². The van der Waals surface area contributed by atoms with Crippen molar-refractivity contribution in [2.45, 2.75) is 33.7 Å². The molecule has 1 heterocycles. The van der Waals surface area contributed by atoms with E-state index in [1.54, 1.807) is 57.0 Å². The number of benzene rings is 1. The second-order valence-corrected chi connectivity index (χ2v) is 7.07. The zero-order valence-electron chi connectivity index (χ0n) is 16.1. The van der Waals surface area contributed by atoms with Crippen molar-refractivity contribution in [1.29, 1.82) is 0 Å². The first-order valence-electron chi connectivity index (χ1n) is 8.62. The number of hydrogen-bond acceptors (Lipinski definition) is 4. The number of ketones is 2. The highest BCUT2D eigenvalue weighted by Gasteiger charge is 2.26. The maximum Gasteiger partial charge on any atom is 0.238 e. The fourth-order valence-electron chi connectivity index (χ4n) is 3.05. The molecule has 1 aromatic heterocycles. The molecule has 0 aliphatic carbocycles. The molecule has 0 saturated carbocycles. The van der Waals surface area contributed by atoms with Crippen LogP contribution in [0, 0.1) is 13.8 Å². The van der Waals surface area contributed by atoms with Gasteiger partial charge in [-0.2, -0.15) is 0 Å². The quantitative estimate of drug-likeness (QED) is 0.708. The molecule has 6 nitrogen and oxygen atoms in total. The van der Waals surface area contributed by atoms with E-state index < -0.39 is 6.04 Å². The summed E-state index contributed by atoms with van der Waals surface area (Å²) >= 11 is 6.04. The summed E-state index contributed by atoms with van der Waals surface area (Å²) in [5.41, 5.74) is 2.80. The van der Waals surface area contributed by atoms with Gasteiger partial charge in [0.25, 0.3) is 0 Å². The first kappa shape index (κ1) is 20.9. The lowest BCUT2D eigenvalue weighted by Gasteiger charge is -2.23. The summed E-state index contributed by atoms with van der Waals surface area (Å²) in [6.45, 7) is 6.76. The van der Waals surface area contributed by atoms with Crippen LogP contribution in [-0.2, 0) is 4.79 Å². The highest BCUT2D eigenvalue weighted by atomic mass is 35.5. The van der Waals surface area contributed by atoms with Crippen molar-refractivity contribution in [3.8, 4) is 0 Å². The van der Waals surface area contributed by atoms with Crippen molar-refractivity contribution in [3.63, 3.8) is 0 Å². The third kappa shape index (κ3) is 4.64. The van der Waals surface area contributed by atoms with Gasteiger partial charge < -0.3 is 10.3 Å². The highest BCUT2D eigenvalue weighted by Crippen LogP contribution is 2.22. The number of hydrogen-bond donors (Lipinski definition) is 2.